The maximum Gasteiger partial charge on any atom is 0.231 e. The molecule has 1 unspecified atom stereocenters. The van der Waals surface area contributed by atoms with E-state index in [1.165, 1.54) is 0 Å². The molecule has 0 radical (unpaired) electrons. The minimum atomic E-state index is 0.156. The van der Waals surface area contributed by atoms with Crippen molar-refractivity contribution in [2.45, 2.75) is 19.4 Å². The minimum absolute atomic E-state index is 0.156. The summed E-state index contributed by atoms with van der Waals surface area (Å²) >= 11 is 0. The zero-order valence-electron chi connectivity index (χ0n) is 12.2. The average Bonchev–Trinajstić information content (AvgIpc) is 2.90. The molecule has 0 fully saturated rings. The Morgan fingerprint density at radius 2 is 2.00 bits per heavy atom. The first kappa shape index (κ1) is 14.1. The smallest absolute Gasteiger partial charge is 0.231 e. The first-order chi connectivity index (χ1) is 9.58. The molecule has 7 nitrogen and oxygen atoms in total. The normalized spacial score (nSPS) is 12.0. The predicted octanol–water partition coefficient (Wildman–Crippen LogP) is 1.62. The van der Waals surface area contributed by atoms with E-state index >= 15 is 0 Å². The van der Waals surface area contributed by atoms with Gasteiger partial charge in [0.25, 0.3) is 0 Å². The lowest BCUT2D eigenvalue weighted by atomic mass is 10.2. The number of nitrogens with one attached hydrogen (secondary N) is 2. The molecule has 7 heteroatoms. The minimum Gasteiger partial charge on any atom is -0.469 e. The SMILES string of the molecule is CNc1nc(NC(C)Cc2ccco2)nc(N(C)C)n1. The Balaban J connectivity index is 2.09. The van der Waals surface area contributed by atoms with Crippen LogP contribution < -0.4 is 15.5 Å². The van der Waals surface area contributed by atoms with E-state index in [4.69, 9.17) is 4.42 Å². The lowest BCUT2D eigenvalue weighted by molar-refractivity contribution is 0.497. The number of hydrogen-bond donors (Lipinski definition) is 2. The summed E-state index contributed by atoms with van der Waals surface area (Å²) in [6.07, 6.45) is 2.44. The highest BCUT2D eigenvalue weighted by molar-refractivity contribution is 5.43. The van der Waals surface area contributed by atoms with Crippen molar-refractivity contribution in [3.63, 3.8) is 0 Å². The standard InChI is InChI=1S/C13H20N6O/c1-9(8-10-6-5-7-20-10)15-12-16-11(14-2)17-13(18-12)19(3)4/h5-7,9H,8H2,1-4H3,(H2,14,15,16,17,18). The first-order valence-corrected chi connectivity index (χ1v) is 6.48. The molecule has 1 atom stereocenters. The van der Waals surface area contributed by atoms with Crippen molar-refractivity contribution in [2.24, 2.45) is 0 Å². The number of aromatic nitrogens is 3. The first-order valence-electron chi connectivity index (χ1n) is 6.48. The van der Waals surface area contributed by atoms with Crippen LogP contribution >= 0.6 is 0 Å². The summed E-state index contributed by atoms with van der Waals surface area (Å²) in [5.41, 5.74) is 0. The van der Waals surface area contributed by atoms with Crippen LogP contribution in [0.2, 0.25) is 0 Å². The molecule has 0 aliphatic carbocycles. The molecule has 20 heavy (non-hydrogen) atoms. The van der Waals surface area contributed by atoms with Gasteiger partial charge in [0.2, 0.25) is 17.8 Å². The van der Waals surface area contributed by atoms with Gasteiger partial charge in [-0.05, 0) is 19.1 Å². The number of anilines is 3. The molecule has 2 aromatic rings. The third-order valence-electron chi connectivity index (χ3n) is 2.71. The van der Waals surface area contributed by atoms with Crippen LogP contribution in [0.1, 0.15) is 12.7 Å². The highest BCUT2D eigenvalue weighted by Crippen LogP contribution is 2.13. The fraction of sp³-hybridized carbons (Fsp3) is 0.462. The second kappa shape index (κ2) is 6.23. The van der Waals surface area contributed by atoms with Crippen LogP contribution in [0.5, 0.6) is 0 Å². The molecule has 0 aliphatic rings. The van der Waals surface area contributed by atoms with Crippen molar-refractivity contribution in [3.05, 3.63) is 24.2 Å². The average molecular weight is 276 g/mol. The van der Waals surface area contributed by atoms with Crippen LogP contribution in [-0.4, -0.2) is 42.1 Å². The zero-order chi connectivity index (χ0) is 14.5. The molecule has 2 heterocycles. The summed E-state index contributed by atoms with van der Waals surface area (Å²) in [6, 6.07) is 3.99. The van der Waals surface area contributed by atoms with E-state index in [9.17, 15) is 0 Å². The highest BCUT2D eigenvalue weighted by atomic mass is 16.3. The summed E-state index contributed by atoms with van der Waals surface area (Å²) in [5.74, 6) is 2.63. The molecule has 0 aromatic carbocycles. The summed E-state index contributed by atoms with van der Waals surface area (Å²) < 4.78 is 5.33. The third kappa shape index (κ3) is 3.59. The van der Waals surface area contributed by atoms with Crippen molar-refractivity contribution < 1.29 is 4.42 Å². The second-order valence-corrected chi connectivity index (χ2v) is 4.76. The molecule has 2 rings (SSSR count). The van der Waals surface area contributed by atoms with Crippen LogP contribution in [0, 0.1) is 0 Å². The van der Waals surface area contributed by atoms with Gasteiger partial charge in [0.1, 0.15) is 5.76 Å². The van der Waals surface area contributed by atoms with Crippen LogP contribution in [0.3, 0.4) is 0 Å². The third-order valence-corrected chi connectivity index (χ3v) is 2.71. The fourth-order valence-corrected chi connectivity index (χ4v) is 1.74. The Morgan fingerprint density at radius 3 is 2.60 bits per heavy atom. The van der Waals surface area contributed by atoms with Crippen molar-refractivity contribution in [2.75, 3.05) is 36.7 Å². The lowest BCUT2D eigenvalue weighted by Gasteiger charge is -2.16. The van der Waals surface area contributed by atoms with Crippen LogP contribution in [0.4, 0.5) is 17.8 Å². The summed E-state index contributed by atoms with van der Waals surface area (Å²) in [4.78, 5) is 14.8. The summed E-state index contributed by atoms with van der Waals surface area (Å²) in [6.45, 7) is 2.06. The van der Waals surface area contributed by atoms with E-state index in [-0.39, 0.29) is 6.04 Å². The van der Waals surface area contributed by atoms with Gasteiger partial charge in [-0.15, -0.1) is 0 Å². The number of hydrogen-bond acceptors (Lipinski definition) is 7. The molecule has 0 spiro atoms. The van der Waals surface area contributed by atoms with Gasteiger partial charge in [0.15, 0.2) is 0 Å². The summed E-state index contributed by atoms with van der Waals surface area (Å²) in [7, 11) is 5.57. The van der Waals surface area contributed by atoms with E-state index in [1.54, 1.807) is 13.3 Å². The van der Waals surface area contributed by atoms with Gasteiger partial charge in [-0.3, -0.25) is 0 Å². The van der Waals surface area contributed by atoms with Gasteiger partial charge in [-0.25, -0.2) is 0 Å². The molecule has 0 aliphatic heterocycles. The molecule has 0 bridgehead atoms. The van der Waals surface area contributed by atoms with Gasteiger partial charge in [0.05, 0.1) is 6.26 Å². The maximum absolute atomic E-state index is 5.33. The predicted molar refractivity (Wildman–Crippen MR) is 79.2 cm³/mol. The van der Waals surface area contributed by atoms with E-state index in [0.717, 1.165) is 12.2 Å². The van der Waals surface area contributed by atoms with Crippen molar-refractivity contribution >= 4 is 17.8 Å². The van der Waals surface area contributed by atoms with Gasteiger partial charge >= 0.3 is 0 Å². The fourth-order valence-electron chi connectivity index (χ4n) is 1.74. The van der Waals surface area contributed by atoms with Crippen molar-refractivity contribution in [1.29, 1.82) is 0 Å². The Kier molecular flexibility index (Phi) is 4.39. The Morgan fingerprint density at radius 1 is 1.25 bits per heavy atom. The number of nitrogens with zero attached hydrogens (tertiary/aromatic N) is 4. The molecule has 0 amide bonds. The Hall–Kier alpha value is -2.31. The summed E-state index contributed by atoms with van der Waals surface area (Å²) in [5, 5.41) is 6.20. The van der Waals surface area contributed by atoms with E-state index in [0.29, 0.717) is 17.8 Å². The quantitative estimate of drug-likeness (QED) is 0.829. The van der Waals surface area contributed by atoms with Gasteiger partial charge in [0, 0.05) is 33.6 Å². The molecule has 2 N–H and O–H groups in total. The number of rotatable bonds is 6. The largest absolute Gasteiger partial charge is 0.469 e. The van der Waals surface area contributed by atoms with Crippen molar-refractivity contribution in [3.8, 4) is 0 Å². The van der Waals surface area contributed by atoms with Crippen molar-refractivity contribution in [1.82, 2.24) is 15.0 Å². The Labute approximate surface area is 118 Å². The molecular formula is C13H20N6O. The van der Waals surface area contributed by atoms with Crippen LogP contribution in [-0.2, 0) is 6.42 Å². The van der Waals surface area contributed by atoms with E-state index < -0.39 is 0 Å². The van der Waals surface area contributed by atoms with E-state index in [1.807, 2.05) is 31.1 Å². The molecule has 0 saturated heterocycles. The lowest BCUT2D eigenvalue weighted by Crippen LogP contribution is -2.22. The Bertz CT molecular complexity index is 540. The van der Waals surface area contributed by atoms with Gasteiger partial charge in [-0.2, -0.15) is 15.0 Å². The molecular weight excluding hydrogens is 256 g/mol. The molecule has 2 aromatic heterocycles. The molecule has 108 valence electrons. The monoisotopic (exact) mass is 276 g/mol. The highest BCUT2D eigenvalue weighted by Gasteiger charge is 2.11. The topological polar surface area (TPSA) is 79.1 Å². The van der Waals surface area contributed by atoms with Crippen LogP contribution in [0.25, 0.3) is 0 Å². The maximum atomic E-state index is 5.33. The van der Waals surface area contributed by atoms with Crippen LogP contribution in [0.15, 0.2) is 22.8 Å². The van der Waals surface area contributed by atoms with Gasteiger partial charge < -0.3 is 20.0 Å². The number of furan rings is 1. The van der Waals surface area contributed by atoms with E-state index in [2.05, 4.69) is 32.5 Å². The van der Waals surface area contributed by atoms with Gasteiger partial charge in [-0.1, -0.05) is 0 Å². The molecule has 0 saturated carbocycles. The second-order valence-electron chi connectivity index (χ2n) is 4.76. The zero-order valence-corrected chi connectivity index (χ0v) is 12.2.